The Morgan fingerprint density at radius 3 is 2.44 bits per heavy atom. The Morgan fingerprint density at radius 2 is 1.88 bits per heavy atom. The van der Waals surface area contributed by atoms with Gasteiger partial charge in [-0.2, -0.15) is 0 Å². The minimum Gasteiger partial charge on any atom is -0.476 e. The van der Waals surface area contributed by atoms with Crippen LogP contribution in [0, 0.1) is 13.8 Å². The minimum absolute atomic E-state index is 0.208. The number of benzene rings is 1. The molecular formula is C16H18N4O5. The number of amides is 1. The summed E-state index contributed by atoms with van der Waals surface area (Å²) in [6, 6.07) is 4.54. The number of aromatic nitrogens is 3. The van der Waals surface area contributed by atoms with Gasteiger partial charge in [-0.1, -0.05) is 24.3 Å². The van der Waals surface area contributed by atoms with E-state index in [9.17, 15) is 19.5 Å². The molecule has 25 heavy (non-hydrogen) atoms. The molecule has 0 aliphatic heterocycles. The SMILES string of the molecule is CCC(C(=O)Nc1cc(C)ccc1C)n1nnc(C(=O)O)c1C(=O)O. The molecule has 1 aromatic heterocycles. The lowest BCUT2D eigenvalue weighted by Crippen LogP contribution is -2.29. The fraction of sp³-hybridized carbons (Fsp3) is 0.312. The predicted molar refractivity (Wildman–Crippen MR) is 87.8 cm³/mol. The number of carbonyl (C=O) groups is 3. The van der Waals surface area contributed by atoms with Gasteiger partial charge >= 0.3 is 11.9 Å². The highest BCUT2D eigenvalue weighted by Crippen LogP contribution is 2.21. The quantitative estimate of drug-likeness (QED) is 0.727. The van der Waals surface area contributed by atoms with Gasteiger partial charge in [0.15, 0.2) is 5.69 Å². The van der Waals surface area contributed by atoms with Gasteiger partial charge in [-0.3, -0.25) is 4.79 Å². The Kier molecular flexibility index (Phi) is 5.16. The van der Waals surface area contributed by atoms with E-state index in [1.807, 2.05) is 26.0 Å². The molecule has 0 spiro atoms. The fourth-order valence-electron chi connectivity index (χ4n) is 2.41. The van der Waals surface area contributed by atoms with Crippen LogP contribution in [0.25, 0.3) is 0 Å². The van der Waals surface area contributed by atoms with Crippen LogP contribution >= 0.6 is 0 Å². The van der Waals surface area contributed by atoms with Gasteiger partial charge in [0.2, 0.25) is 11.6 Å². The Bertz CT molecular complexity index is 843. The van der Waals surface area contributed by atoms with E-state index in [2.05, 4.69) is 15.6 Å². The zero-order valence-electron chi connectivity index (χ0n) is 14.0. The highest BCUT2D eigenvalue weighted by molar-refractivity contribution is 6.00. The Labute approximate surface area is 143 Å². The maximum absolute atomic E-state index is 12.6. The zero-order valence-corrected chi connectivity index (χ0v) is 14.0. The highest BCUT2D eigenvalue weighted by Gasteiger charge is 2.31. The molecule has 0 fully saturated rings. The van der Waals surface area contributed by atoms with Crippen LogP contribution in [0.3, 0.4) is 0 Å². The number of carbonyl (C=O) groups excluding carboxylic acids is 1. The topological polar surface area (TPSA) is 134 Å². The van der Waals surface area contributed by atoms with Crippen molar-refractivity contribution in [3.05, 3.63) is 40.7 Å². The summed E-state index contributed by atoms with van der Waals surface area (Å²) in [6.45, 7) is 5.38. The molecule has 1 heterocycles. The number of hydrogen-bond acceptors (Lipinski definition) is 5. The van der Waals surface area contributed by atoms with Crippen molar-refractivity contribution in [3.63, 3.8) is 0 Å². The van der Waals surface area contributed by atoms with E-state index in [0.29, 0.717) is 5.69 Å². The molecule has 0 radical (unpaired) electrons. The van der Waals surface area contributed by atoms with E-state index in [0.717, 1.165) is 15.8 Å². The van der Waals surface area contributed by atoms with Crippen LogP contribution in [-0.2, 0) is 4.79 Å². The average molecular weight is 346 g/mol. The maximum Gasteiger partial charge on any atom is 0.359 e. The second-order valence-corrected chi connectivity index (χ2v) is 5.57. The lowest BCUT2D eigenvalue weighted by atomic mass is 10.1. The number of rotatable bonds is 6. The molecule has 2 rings (SSSR count). The first-order valence-electron chi connectivity index (χ1n) is 7.56. The molecule has 1 amide bonds. The van der Waals surface area contributed by atoms with E-state index < -0.39 is 35.3 Å². The number of anilines is 1. The van der Waals surface area contributed by atoms with Crippen LogP contribution in [0.1, 0.15) is 51.5 Å². The van der Waals surface area contributed by atoms with Crippen molar-refractivity contribution >= 4 is 23.5 Å². The molecule has 132 valence electrons. The molecule has 0 saturated heterocycles. The minimum atomic E-state index is -1.52. The van der Waals surface area contributed by atoms with E-state index in [-0.39, 0.29) is 6.42 Å². The number of aromatic carboxylic acids is 2. The summed E-state index contributed by atoms with van der Waals surface area (Å²) in [4.78, 5) is 35.1. The van der Waals surface area contributed by atoms with Gasteiger partial charge in [0, 0.05) is 5.69 Å². The summed E-state index contributed by atoms with van der Waals surface area (Å²) in [5.74, 6) is -3.53. The third-order valence-electron chi connectivity index (χ3n) is 3.74. The van der Waals surface area contributed by atoms with Crippen LogP contribution in [0.4, 0.5) is 5.69 Å². The summed E-state index contributed by atoms with van der Waals surface area (Å²) in [6.07, 6.45) is 0.208. The first-order valence-corrected chi connectivity index (χ1v) is 7.56. The third kappa shape index (κ3) is 3.65. The van der Waals surface area contributed by atoms with Gasteiger partial charge in [-0.15, -0.1) is 5.10 Å². The van der Waals surface area contributed by atoms with Crippen molar-refractivity contribution in [2.45, 2.75) is 33.2 Å². The summed E-state index contributed by atoms with van der Waals surface area (Å²) in [5, 5.41) is 28.0. The summed E-state index contributed by atoms with van der Waals surface area (Å²) >= 11 is 0. The Hall–Kier alpha value is -3.23. The van der Waals surface area contributed by atoms with E-state index in [1.54, 1.807) is 13.0 Å². The number of hydrogen-bond donors (Lipinski definition) is 3. The molecule has 1 unspecified atom stereocenters. The van der Waals surface area contributed by atoms with Crippen molar-refractivity contribution in [2.75, 3.05) is 5.32 Å². The lowest BCUT2D eigenvalue weighted by molar-refractivity contribution is -0.119. The number of nitrogens with zero attached hydrogens (tertiary/aromatic N) is 3. The van der Waals surface area contributed by atoms with Gasteiger partial charge in [0.05, 0.1) is 0 Å². The standard InChI is InChI=1S/C16H18N4O5/c1-4-11(14(21)17-10-7-8(2)5-6-9(10)3)20-13(16(24)25)12(15(22)23)18-19-20/h5-7,11H,4H2,1-3H3,(H,17,21)(H,22,23)(H,24,25). The normalized spacial score (nSPS) is 11.8. The van der Waals surface area contributed by atoms with Gasteiger partial charge in [-0.25, -0.2) is 14.3 Å². The largest absolute Gasteiger partial charge is 0.476 e. The molecular weight excluding hydrogens is 328 g/mol. The zero-order chi connectivity index (χ0) is 18.7. The molecule has 9 nitrogen and oxygen atoms in total. The summed E-state index contributed by atoms with van der Waals surface area (Å²) in [5.41, 5.74) is 1.06. The van der Waals surface area contributed by atoms with Crippen molar-refractivity contribution in [2.24, 2.45) is 0 Å². The number of nitrogens with one attached hydrogen (secondary N) is 1. The monoisotopic (exact) mass is 346 g/mol. The number of carboxylic acids is 2. The maximum atomic E-state index is 12.6. The molecule has 1 aromatic carbocycles. The average Bonchev–Trinajstić information content (AvgIpc) is 2.97. The van der Waals surface area contributed by atoms with Gasteiger partial charge in [0.1, 0.15) is 6.04 Å². The van der Waals surface area contributed by atoms with Crippen molar-refractivity contribution in [1.82, 2.24) is 15.0 Å². The van der Waals surface area contributed by atoms with E-state index >= 15 is 0 Å². The third-order valence-corrected chi connectivity index (χ3v) is 3.74. The van der Waals surface area contributed by atoms with Crippen LogP contribution in [0.2, 0.25) is 0 Å². The molecule has 1 atom stereocenters. The molecule has 9 heteroatoms. The van der Waals surface area contributed by atoms with E-state index in [1.165, 1.54) is 0 Å². The molecule has 0 aliphatic carbocycles. The van der Waals surface area contributed by atoms with Crippen LogP contribution in [0.15, 0.2) is 18.2 Å². The highest BCUT2D eigenvalue weighted by atomic mass is 16.4. The second kappa shape index (κ2) is 7.12. The molecule has 0 saturated carbocycles. The van der Waals surface area contributed by atoms with Crippen molar-refractivity contribution in [1.29, 1.82) is 0 Å². The fourth-order valence-corrected chi connectivity index (χ4v) is 2.41. The van der Waals surface area contributed by atoms with Crippen LogP contribution in [0.5, 0.6) is 0 Å². The second-order valence-electron chi connectivity index (χ2n) is 5.57. The first kappa shape index (κ1) is 18.1. The Balaban J connectivity index is 2.40. The number of carboxylic acid groups (broad SMARTS) is 2. The van der Waals surface area contributed by atoms with E-state index in [4.69, 9.17) is 5.11 Å². The lowest BCUT2D eigenvalue weighted by Gasteiger charge is -2.17. The molecule has 2 aromatic rings. The van der Waals surface area contributed by atoms with Crippen molar-refractivity contribution in [3.8, 4) is 0 Å². The van der Waals surface area contributed by atoms with Gasteiger partial charge < -0.3 is 15.5 Å². The molecule has 3 N–H and O–H groups in total. The number of aryl methyl sites for hydroxylation is 2. The molecule has 0 aliphatic rings. The summed E-state index contributed by atoms with van der Waals surface area (Å²) in [7, 11) is 0. The first-order chi connectivity index (χ1) is 11.8. The van der Waals surface area contributed by atoms with Gasteiger partial charge in [0.25, 0.3) is 0 Å². The smallest absolute Gasteiger partial charge is 0.359 e. The summed E-state index contributed by atoms with van der Waals surface area (Å²) < 4.78 is 0.840. The molecule has 0 bridgehead atoms. The van der Waals surface area contributed by atoms with Crippen LogP contribution < -0.4 is 5.32 Å². The van der Waals surface area contributed by atoms with Gasteiger partial charge in [-0.05, 0) is 37.5 Å². The van der Waals surface area contributed by atoms with Crippen LogP contribution in [-0.4, -0.2) is 43.1 Å². The predicted octanol–water partition coefficient (Wildman–Crippen LogP) is 1.88. The van der Waals surface area contributed by atoms with Crippen molar-refractivity contribution < 1.29 is 24.6 Å². The Morgan fingerprint density at radius 1 is 1.20 bits per heavy atom.